The fraction of sp³-hybridized carbons (Fsp3) is 0.348. The van der Waals surface area contributed by atoms with Crippen molar-refractivity contribution in [1.29, 1.82) is 0 Å². The van der Waals surface area contributed by atoms with Crippen LogP contribution < -0.4 is 16.0 Å². The van der Waals surface area contributed by atoms with Gasteiger partial charge >= 0.3 is 12.0 Å². The van der Waals surface area contributed by atoms with E-state index in [-0.39, 0.29) is 18.0 Å². The highest BCUT2D eigenvalue weighted by atomic mass is 32.2. The minimum atomic E-state index is -4.01. The van der Waals surface area contributed by atoms with Crippen molar-refractivity contribution >= 4 is 39.7 Å². The van der Waals surface area contributed by atoms with E-state index in [0.29, 0.717) is 0 Å². The first-order chi connectivity index (χ1) is 16.6. The van der Waals surface area contributed by atoms with E-state index < -0.39 is 50.6 Å². The van der Waals surface area contributed by atoms with Crippen LogP contribution in [0.25, 0.3) is 0 Å². The van der Waals surface area contributed by atoms with Crippen LogP contribution in [-0.2, 0) is 26.2 Å². The Labute approximate surface area is 208 Å². The number of sulfonamides is 1. The second-order valence-electron chi connectivity index (χ2n) is 7.98. The van der Waals surface area contributed by atoms with Gasteiger partial charge < -0.3 is 21.1 Å². The minimum absolute atomic E-state index is 0.0471. The number of hydrogen-bond acceptors (Lipinski definition) is 6. The zero-order valence-electron chi connectivity index (χ0n) is 19.2. The van der Waals surface area contributed by atoms with Gasteiger partial charge in [0.2, 0.25) is 15.9 Å². The molecule has 4 N–H and O–H groups in total. The molecule has 0 aliphatic carbocycles. The molecule has 1 fully saturated rings. The van der Waals surface area contributed by atoms with Crippen molar-refractivity contribution in [3.05, 3.63) is 66.2 Å². The van der Waals surface area contributed by atoms with Crippen LogP contribution in [0.15, 0.2) is 65.6 Å². The van der Waals surface area contributed by atoms with Gasteiger partial charge in [0, 0.05) is 11.8 Å². The predicted molar refractivity (Wildman–Crippen MR) is 132 cm³/mol. The number of aliphatic carboxylic acids is 1. The molecule has 0 spiro atoms. The van der Waals surface area contributed by atoms with Gasteiger partial charge in [-0.05, 0) is 24.6 Å². The first-order valence-electron chi connectivity index (χ1n) is 10.9. The van der Waals surface area contributed by atoms with Crippen molar-refractivity contribution < 1.29 is 27.9 Å². The largest absolute Gasteiger partial charge is 0.480 e. The van der Waals surface area contributed by atoms with E-state index in [2.05, 4.69) is 16.0 Å². The van der Waals surface area contributed by atoms with Gasteiger partial charge in [0.05, 0.1) is 16.8 Å². The summed E-state index contributed by atoms with van der Waals surface area (Å²) in [5.74, 6) is -2.10. The second kappa shape index (κ2) is 11.6. The van der Waals surface area contributed by atoms with Crippen LogP contribution in [0.1, 0.15) is 19.4 Å². The number of nitrogens with one attached hydrogen (secondary N) is 3. The fourth-order valence-electron chi connectivity index (χ4n) is 3.76. The molecule has 0 aromatic heterocycles. The molecule has 1 heterocycles. The predicted octanol–water partition coefficient (Wildman–Crippen LogP) is 1.60. The van der Waals surface area contributed by atoms with Crippen molar-refractivity contribution in [3.63, 3.8) is 0 Å². The van der Waals surface area contributed by atoms with Crippen LogP contribution in [0.3, 0.4) is 0 Å². The van der Waals surface area contributed by atoms with Crippen molar-refractivity contribution in [2.45, 2.75) is 48.0 Å². The Kier molecular flexibility index (Phi) is 8.76. The number of carboxylic acid groups (broad SMARTS) is 1. The van der Waals surface area contributed by atoms with E-state index in [9.17, 15) is 27.9 Å². The zero-order chi connectivity index (χ0) is 25.6. The van der Waals surface area contributed by atoms with Gasteiger partial charge in [-0.1, -0.05) is 55.5 Å². The molecule has 1 aliphatic heterocycles. The Balaban J connectivity index is 1.66. The van der Waals surface area contributed by atoms with E-state index in [1.54, 1.807) is 32.0 Å². The highest BCUT2D eigenvalue weighted by molar-refractivity contribution is 8.02. The summed E-state index contributed by atoms with van der Waals surface area (Å²) in [4.78, 5) is 37.1. The first kappa shape index (κ1) is 26.5. The molecule has 3 rings (SSSR count). The van der Waals surface area contributed by atoms with Gasteiger partial charge in [0.1, 0.15) is 12.1 Å². The number of amides is 3. The molecule has 188 valence electrons. The average molecular weight is 521 g/mol. The summed E-state index contributed by atoms with van der Waals surface area (Å²) in [7, 11) is -4.01. The van der Waals surface area contributed by atoms with Crippen molar-refractivity contribution in [1.82, 2.24) is 20.3 Å². The Bertz CT molecular complexity index is 1150. The molecule has 3 amide bonds. The Morgan fingerprint density at radius 1 is 1.00 bits per heavy atom. The molecule has 4 atom stereocenters. The number of carbonyl (C=O) groups is 3. The lowest BCUT2D eigenvalue weighted by atomic mass is 10.2. The highest BCUT2D eigenvalue weighted by Gasteiger charge is 2.49. The molecule has 2 aromatic rings. The molecule has 12 heteroatoms. The fourth-order valence-corrected chi connectivity index (χ4v) is 7.31. The van der Waals surface area contributed by atoms with Crippen LogP contribution >= 0.6 is 11.8 Å². The number of thioether (sulfide) groups is 1. The standard InChI is InChI=1S/C23H28N4O6S2/c1-15-20(27(16(2)34-15)35(32,33)18-11-7-4-8-12-18)21(28)26-19(22(29)30)14-25-23(31)24-13-17-9-5-3-6-10-17/h3-12,15-16,19-20H,13-14H2,1-2H3,(H,26,28)(H,29,30)(H2,24,25,31). The third kappa shape index (κ3) is 6.53. The van der Waals surface area contributed by atoms with Crippen molar-refractivity contribution in [2.24, 2.45) is 0 Å². The van der Waals surface area contributed by atoms with Crippen LogP contribution in [0.2, 0.25) is 0 Å². The topological polar surface area (TPSA) is 145 Å². The van der Waals surface area contributed by atoms with Gasteiger partial charge in [-0.25, -0.2) is 18.0 Å². The maximum absolute atomic E-state index is 13.3. The van der Waals surface area contributed by atoms with Gasteiger partial charge in [-0.15, -0.1) is 11.8 Å². The molecular formula is C23H28N4O6S2. The monoisotopic (exact) mass is 520 g/mol. The molecule has 1 aliphatic rings. The zero-order valence-corrected chi connectivity index (χ0v) is 20.9. The molecule has 1 saturated heterocycles. The van der Waals surface area contributed by atoms with Crippen molar-refractivity contribution in [2.75, 3.05) is 6.54 Å². The molecule has 0 radical (unpaired) electrons. The van der Waals surface area contributed by atoms with Crippen molar-refractivity contribution in [3.8, 4) is 0 Å². The summed E-state index contributed by atoms with van der Waals surface area (Å²) < 4.78 is 27.7. The maximum atomic E-state index is 13.3. The summed E-state index contributed by atoms with van der Waals surface area (Å²) in [5, 5.41) is 16.1. The summed E-state index contributed by atoms with van der Waals surface area (Å²) in [6.45, 7) is 3.27. The third-order valence-corrected chi connectivity index (χ3v) is 8.86. The molecule has 4 unspecified atom stereocenters. The van der Waals surface area contributed by atoms with E-state index >= 15 is 0 Å². The summed E-state index contributed by atoms with van der Waals surface area (Å²) in [6, 6.07) is 13.8. The summed E-state index contributed by atoms with van der Waals surface area (Å²) in [6.07, 6.45) is 0. The van der Waals surface area contributed by atoms with Gasteiger partial charge in [0.15, 0.2) is 0 Å². The van der Waals surface area contributed by atoms with E-state index in [1.807, 2.05) is 30.3 Å². The third-order valence-electron chi connectivity index (χ3n) is 5.45. The normalized spacial score (nSPS) is 21.1. The molecule has 2 aromatic carbocycles. The molecular weight excluding hydrogens is 492 g/mol. The van der Waals surface area contributed by atoms with E-state index in [4.69, 9.17) is 0 Å². The summed E-state index contributed by atoms with van der Waals surface area (Å²) in [5.41, 5.74) is 0.868. The maximum Gasteiger partial charge on any atom is 0.328 e. The van der Waals surface area contributed by atoms with Crippen LogP contribution in [0, 0.1) is 0 Å². The van der Waals surface area contributed by atoms with Gasteiger partial charge in [-0.2, -0.15) is 4.31 Å². The molecule has 0 bridgehead atoms. The number of benzene rings is 2. The van der Waals surface area contributed by atoms with Crippen LogP contribution in [0.5, 0.6) is 0 Å². The molecule has 0 saturated carbocycles. The SMILES string of the molecule is CC1SC(C)N(S(=O)(=O)c2ccccc2)C1C(=O)NC(CNC(=O)NCc1ccccc1)C(=O)O. The van der Waals surface area contributed by atoms with Gasteiger partial charge in [0.25, 0.3) is 0 Å². The number of carbonyl (C=O) groups excluding carboxylic acids is 2. The van der Waals surface area contributed by atoms with E-state index in [1.165, 1.54) is 23.9 Å². The molecule has 10 nitrogen and oxygen atoms in total. The number of hydrogen-bond donors (Lipinski definition) is 4. The highest BCUT2D eigenvalue weighted by Crippen LogP contribution is 2.39. The lowest BCUT2D eigenvalue weighted by Crippen LogP contribution is -2.57. The second-order valence-corrected chi connectivity index (χ2v) is 11.5. The number of rotatable bonds is 9. The smallest absolute Gasteiger partial charge is 0.328 e. The lowest BCUT2D eigenvalue weighted by molar-refractivity contribution is -0.142. The van der Waals surface area contributed by atoms with Crippen LogP contribution in [-0.4, -0.2) is 65.0 Å². The van der Waals surface area contributed by atoms with Crippen LogP contribution in [0.4, 0.5) is 4.79 Å². The molecule has 35 heavy (non-hydrogen) atoms. The lowest BCUT2D eigenvalue weighted by Gasteiger charge is -2.28. The van der Waals surface area contributed by atoms with E-state index in [0.717, 1.165) is 9.87 Å². The number of carboxylic acids is 1. The average Bonchev–Trinajstić information content (AvgIpc) is 3.15. The number of urea groups is 1. The quantitative estimate of drug-likeness (QED) is 0.393. The van der Waals surface area contributed by atoms with Gasteiger partial charge in [-0.3, -0.25) is 4.79 Å². The first-order valence-corrected chi connectivity index (χ1v) is 13.3. The minimum Gasteiger partial charge on any atom is -0.480 e. The Hall–Kier alpha value is -3.09. The Morgan fingerprint density at radius 2 is 1.60 bits per heavy atom. The summed E-state index contributed by atoms with van der Waals surface area (Å²) >= 11 is 1.30. The Morgan fingerprint density at radius 3 is 2.20 bits per heavy atom. The number of nitrogens with zero attached hydrogens (tertiary/aromatic N) is 1.